The molecule has 0 radical (unpaired) electrons. The van der Waals surface area contributed by atoms with Crippen molar-refractivity contribution in [3.05, 3.63) is 0 Å². The molecule has 0 aromatic carbocycles. The lowest BCUT2D eigenvalue weighted by Crippen LogP contribution is -2.52. The molecule has 0 aromatic rings. The Labute approximate surface area is 80.3 Å². The maximum absolute atomic E-state index is 11.1. The molecule has 1 fully saturated rings. The zero-order valence-electron chi connectivity index (χ0n) is 7.37. The van der Waals surface area contributed by atoms with Gasteiger partial charge in [0.1, 0.15) is 12.5 Å². The SMILES string of the molecule is N#CCC(=O)NC1CCC(=O)NC1=O. The van der Waals surface area contributed by atoms with Crippen molar-refractivity contribution in [1.29, 1.82) is 5.26 Å². The average molecular weight is 195 g/mol. The van der Waals surface area contributed by atoms with Gasteiger partial charge in [0, 0.05) is 6.42 Å². The molecular formula is C8H9N3O3. The maximum atomic E-state index is 11.1. The summed E-state index contributed by atoms with van der Waals surface area (Å²) >= 11 is 0. The van der Waals surface area contributed by atoms with Gasteiger partial charge in [0.05, 0.1) is 6.07 Å². The van der Waals surface area contributed by atoms with E-state index in [1.807, 2.05) is 0 Å². The molecule has 1 heterocycles. The van der Waals surface area contributed by atoms with Crippen LogP contribution in [0.3, 0.4) is 0 Å². The second-order valence-electron chi connectivity index (χ2n) is 2.91. The molecule has 1 aliphatic heterocycles. The monoisotopic (exact) mass is 195 g/mol. The fourth-order valence-corrected chi connectivity index (χ4v) is 1.15. The lowest BCUT2D eigenvalue weighted by molar-refractivity contribution is -0.137. The smallest absolute Gasteiger partial charge is 0.249 e. The van der Waals surface area contributed by atoms with Crippen LogP contribution in [0, 0.1) is 11.3 Å². The Hall–Kier alpha value is -1.90. The fourth-order valence-electron chi connectivity index (χ4n) is 1.15. The van der Waals surface area contributed by atoms with E-state index in [9.17, 15) is 14.4 Å². The molecule has 0 saturated carbocycles. The van der Waals surface area contributed by atoms with Crippen LogP contribution in [-0.2, 0) is 14.4 Å². The highest BCUT2D eigenvalue weighted by atomic mass is 16.2. The summed E-state index contributed by atoms with van der Waals surface area (Å²) in [5.74, 6) is -1.34. The van der Waals surface area contributed by atoms with E-state index in [0.29, 0.717) is 6.42 Å². The van der Waals surface area contributed by atoms with Crippen LogP contribution in [0.5, 0.6) is 0 Å². The van der Waals surface area contributed by atoms with Crippen LogP contribution < -0.4 is 10.6 Å². The summed E-state index contributed by atoms with van der Waals surface area (Å²) in [7, 11) is 0. The molecule has 0 bridgehead atoms. The molecular weight excluding hydrogens is 186 g/mol. The molecule has 6 heteroatoms. The zero-order chi connectivity index (χ0) is 10.6. The Kier molecular flexibility index (Phi) is 3.18. The van der Waals surface area contributed by atoms with Crippen LogP contribution in [-0.4, -0.2) is 23.8 Å². The molecule has 0 spiro atoms. The third-order valence-corrected chi connectivity index (χ3v) is 1.81. The van der Waals surface area contributed by atoms with Crippen molar-refractivity contribution in [2.45, 2.75) is 25.3 Å². The third-order valence-electron chi connectivity index (χ3n) is 1.81. The number of rotatable bonds is 2. The minimum absolute atomic E-state index is 0.212. The van der Waals surface area contributed by atoms with E-state index in [1.54, 1.807) is 6.07 Å². The van der Waals surface area contributed by atoms with Gasteiger partial charge >= 0.3 is 0 Å². The van der Waals surface area contributed by atoms with Gasteiger partial charge in [-0.3, -0.25) is 19.7 Å². The van der Waals surface area contributed by atoms with Crippen molar-refractivity contribution in [2.24, 2.45) is 0 Å². The summed E-state index contributed by atoms with van der Waals surface area (Å²) in [4.78, 5) is 32.8. The van der Waals surface area contributed by atoms with Crippen LogP contribution in [0.4, 0.5) is 0 Å². The predicted molar refractivity (Wildman–Crippen MR) is 44.5 cm³/mol. The number of carbonyl (C=O) groups excluding carboxylic acids is 3. The van der Waals surface area contributed by atoms with Crippen molar-refractivity contribution in [3.8, 4) is 6.07 Å². The van der Waals surface area contributed by atoms with E-state index in [0.717, 1.165) is 0 Å². The molecule has 1 saturated heterocycles. The van der Waals surface area contributed by atoms with Gasteiger partial charge in [-0.2, -0.15) is 5.26 Å². The number of nitrogens with one attached hydrogen (secondary N) is 2. The molecule has 1 unspecified atom stereocenters. The lowest BCUT2D eigenvalue weighted by Gasteiger charge is -2.21. The Morgan fingerprint density at radius 1 is 1.64 bits per heavy atom. The first-order valence-corrected chi connectivity index (χ1v) is 4.13. The molecule has 2 N–H and O–H groups in total. The average Bonchev–Trinajstić information content (AvgIpc) is 2.10. The van der Waals surface area contributed by atoms with Gasteiger partial charge in [-0.1, -0.05) is 0 Å². The molecule has 74 valence electrons. The van der Waals surface area contributed by atoms with Crippen LogP contribution in [0.2, 0.25) is 0 Å². The number of nitrogens with zero attached hydrogens (tertiary/aromatic N) is 1. The number of imide groups is 1. The van der Waals surface area contributed by atoms with E-state index >= 15 is 0 Å². The van der Waals surface area contributed by atoms with Gasteiger partial charge in [0.15, 0.2) is 0 Å². The largest absolute Gasteiger partial charge is 0.343 e. The van der Waals surface area contributed by atoms with Gasteiger partial charge < -0.3 is 5.32 Å². The summed E-state index contributed by atoms with van der Waals surface area (Å²) < 4.78 is 0. The zero-order valence-corrected chi connectivity index (χ0v) is 7.37. The molecule has 1 atom stereocenters. The molecule has 0 aromatic heterocycles. The summed E-state index contributed by atoms with van der Waals surface area (Å²) in [6.45, 7) is 0. The standard InChI is InChI=1S/C8H9N3O3/c9-4-3-7(13)10-5-1-2-6(12)11-8(5)14/h5H,1-3H2,(H,10,13)(H,11,12,14). The van der Waals surface area contributed by atoms with Crippen LogP contribution in [0.1, 0.15) is 19.3 Å². The molecule has 3 amide bonds. The number of hydrogen-bond donors (Lipinski definition) is 2. The Bertz CT molecular complexity index is 318. The lowest BCUT2D eigenvalue weighted by atomic mass is 10.1. The van der Waals surface area contributed by atoms with Gasteiger partial charge in [0.25, 0.3) is 0 Å². The maximum Gasteiger partial charge on any atom is 0.249 e. The summed E-state index contributed by atoms with van der Waals surface area (Å²) in [5, 5.41) is 12.7. The Morgan fingerprint density at radius 3 is 2.93 bits per heavy atom. The van der Waals surface area contributed by atoms with Crippen LogP contribution in [0.25, 0.3) is 0 Å². The Balaban J connectivity index is 2.46. The third kappa shape index (κ3) is 2.55. The van der Waals surface area contributed by atoms with Crippen molar-refractivity contribution in [2.75, 3.05) is 0 Å². The molecule has 1 aliphatic rings. The number of piperidine rings is 1. The summed E-state index contributed by atoms with van der Waals surface area (Å²) in [6, 6.07) is 0.983. The predicted octanol–water partition coefficient (Wildman–Crippen LogP) is -1.18. The van der Waals surface area contributed by atoms with Crippen LogP contribution in [0.15, 0.2) is 0 Å². The topological polar surface area (TPSA) is 99.1 Å². The van der Waals surface area contributed by atoms with E-state index in [4.69, 9.17) is 5.26 Å². The number of hydrogen-bond acceptors (Lipinski definition) is 4. The quantitative estimate of drug-likeness (QED) is 0.542. The highest BCUT2D eigenvalue weighted by Gasteiger charge is 2.27. The van der Waals surface area contributed by atoms with E-state index in [1.165, 1.54) is 0 Å². The second kappa shape index (κ2) is 4.37. The summed E-state index contributed by atoms with van der Waals surface area (Å²) in [6.07, 6.45) is 0.225. The van der Waals surface area contributed by atoms with Gasteiger partial charge in [-0.25, -0.2) is 0 Å². The minimum Gasteiger partial charge on any atom is -0.343 e. The molecule has 14 heavy (non-hydrogen) atoms. The van der Waals surface area contributed by atoms with Crippen molar-refractivity contribution in [1.82, 2.24) is 10.6 Å². The van der Waals surface area contributed by atoms with E-state index in [-0.39, 0.29) is 18.7 Å². The highest BCUT2D eigenvalue weighted by Crippen LogP contribution is 2.04. The van der Waals surface area contributed by atoms with E-state index in [2.05, 4.69) is 10.6 Å². The van der Waals surface area contributed by atoms with Crippen molar-refractivity contribution >= 4 is 17.7 Å². The second-order valence-corrected chi connectivity index (χ2v) is 2.91. The number of amides is 3. The molecule has 1 rings (SSSR count). The van der Waals surface area contributed by atoms with Gasteiger partial charge in [-0.05, 0) is 6.42 Å². The van der Waals surface area contributed by atoms with Gasteiger partial charge in [0.2, 0.25) is 17.7 Å². The first-order valence-electron chi connectivity index (χ1n) is 4.13. The number of nitriles is 1. The number of carbonyl (C=O) groups is 3. The first kappa shape index (κ1) is 10.2. The fraction of sp³-hybridized carbons (Fsp3) is 0.500. The Morgan fingerprint density at radius 2 is 2.36 bits per heavy atom. The normalized spacial score (nSPS) is 20.9. The molecule has 0 aliphatic carbocycles. The summed E-state index contributed by atoms with van der Waals surface area (Å²) in [5.41, 5.74) is 0. The van der Waals surface area contributed by atoms with Crippen molar-refractivity contribution in [3.63, 3.8) is 0 Å². The van der Waals surface area contributed by atoms with E-state index < -0.39 is 17.9 Å². The van der Waals surface area contributed by atoms with Crippen LogP contribution >= 0.6 is 0 Å². The van der Waals surface area contributed by atoms with Gasteiger partial charge in [-0.15, -0.1) is 0 Å². The first-order chi connectivity index (χ1) is 6.63. The minimum atomic E-state index is -0.687. The van der Waals surface area contributed by atoms with Crippen molar-refractivity contribution < 1.29 is 14.4 Å². The molecule has 6 nitrogen and oxygen atoms in total. The highest BCUT2D eigenvalue weighted by molar-refractivity contribution is 6.01.